The number of amides is 2. The molecule has 1 rings (SSSR count). The Morgan fingerprint density at radius 1 is 1.22 bits per heavy atom. The summed E-state index contributed by atoms with van der Waals surface area (Å²) in [6.07, 6.45) is -0.0588. The molecule has 0 saturated carbocycles. The fraction of sp³-hybridized carbons (Fsp3) is 0.385. The highest BCUT2D eigenvalue weighted by molar-refractivity contribution is 5.89. The Hall–Kier alpha value is -2.04. The van der Waals surface area contributed by atoms with Gasteiger partial charge in [-0.2, -0.15) is 0 Å². The van der Waals surface area contributed by atoms with Crippen molar-refractivity contribution in [3.8, 4) is 0 Å². The van der Waals surface area contributed by atoms with Gasteiger partial charge in [0.05, 0.1) is 6.42 Å². The second-order valence-corrected chi connectivity index (χ2v) is 4.37. The van der Waals surface area contributed by atoms with Crippen LogP contribution in [0, 0.1) is 13.8 Å². The molecule has 0 aliphatic carbocycles. The zero-order chi connectivity index (χ0) is 13.7. The Bertz CT molecular complexity index is 437. The van der Waals surface area contributed by atoms with E-state index in [1.54, 1.807) is 7.05 Å². The zero-order valence-electron chi connectivity index (χ0n) is 10.9. The lowest BCUT2D eigenvalue weighted by Crippen LogP contribution is -2.33. The number of hydrogen-bond acceptors (Lipinski definition) is 2. The third-order valence-corrected chi connectivity index (χ3v) is 2.48. The number of carbonyl (C=O) groups excluding carboxylic acids is 1. The molecule has 5 heteroatoms. The van der Waals surface area contributed by atoms with E-state index < -0.39 is 5.97 Å². The van der Waals surface area contributed by atoms with Crippen LogP contribution in [0.1, 0.15) is 17.5 Å². The minimum Gasteiger partial charge on any atom is -0.481 e. The number of aliphatic carboxylic acids is 1. The number of nitrogens with zero attached hydrogens (tertiary/aromatic N) is 1. The summed E-state index contributed by atoms with van der Waals surface area (Å²) in [6.45, 7) is 4.10. The number of carbonyl (C=O) groups is 2. The van der Waals surface area contributed by atoms with Gasteiger partial charge >= 0.3 is 12.0 Å². The highest BCUT2D eigenvalue weighted by Crippen LogP contribution is 2.14. The van der Waals surface area contributed by atoms with E-state index in [1.807, 2.05) is 32.0 Å². The number of benzene rings is 1. The molecule has 0 radical (unpaired) electrons. The molecule has 98 valence electrons. The van der Waals surface area contributed by atoms with Crippen LogP contribution >= 0.6 is 0 Å². The number of carboxylic acid groups (broad SMARTS) is 1. The van der Waals surface area contributed by atoms with Gasteiger partial charge in [-0.3, -0.25) is 4.79 Å². The van der Waals surface area contributed by atoms with E-state index in [0.717, 1.165) is 16.8 Å². The molecule has 18 heavy (non-hydrogen) atoms. The van der Waals surface area contributed by atoms with Crippen LogP contribution in [0.5, 0.6) is 0 Å². The second-order valence-electron chi connectivity index (χ2n) is 4.37. The lowest BCUT2D eigenvalue weighted by atomic mass is 10.1. The summed E-state index contributed by atoms with van der Waals surface area (Å²) in [5, 5.41) is 11.3. The summed E-state index contributed by atoms with van der Waals surface area (Å²) in [5.74, 6) is -0.916. The fourth-order valence-electron chi connectivity index (χ4n) is 1.63. The standard InChI is InChI=1S/C13H18N2O3/c1-9-6-10(2)8-11(7-9)14-13(18)15(3)5-4-12(16)17/h6-8H,4-5H2,1-3H3,(H,14,18)(H,16,17). The van der Waals surface area contributed by atoms with Crippen molar-refractivity contribution >= 4 is 17.7 Å². The summed E-state index contributed by atoms with van der Waals surface area (Å²) >= 11 is 0. The molecule has 0 fully saturated rings. The van der Waals surface area contributed by atoms with Gasteiger partial charge in [0.1, 0.15) is 0 Å². The molecule has 0 aliphatic heterocycles. The largest absolute Gasteiger partial charge is 0.481 e. The molecule has 0 bridgehead atoms. The molecule has 0 saturated heterocycles. The summed E-state index contributed by atoms with van der Waals surface area (Å²) in [5.41, 5.74) is 2.86. The number of nitrogens with one attached hydrogen (secondary N) is 1. The first kappa shape index (κ1) is 14.0. The van der Waals surface area contributed by atoms with Crippen molar-refractivity contribution in [2.45, 2.75) is 20.3 Å². The van der Waals surface area contributed by atoms with Crippen molar-refractivity contribution in [1.82, 2.24) is 4.90 Å². The summed E-state index contributed by atoms with van der Waals surface area (Å²) < 4.78 is 0. The minimum absolute atomic E-state index is 0.0588. The predicted octanol–water partition coefficient (Wildman–Crippen LogP) is 2.24. The van der Waals surface area contributed by atoms with Crippen LogP contribution < -0.4 is 5.32 Å². The van der Waals surface area contributed by atoms with Crippen molar-refractivity contribution in [3.63, 3.8) is 0 Å². The van der Waals surface area contributed by atoms with Crippen LogP contribution in [0.4, 0.5) is 10.5 Å². The van der Waals surface area contributed by atoms with Crippen molar-refractivity contribution in [2.75, 3.05) is 18.9 Å². The summed E-state index contributed by atoms with van der Waals surface area (Å²) in [6, 6.07) is 5.46. The summed E-state index contributed by atoms with van der Waals surface area (Å²) in [4.78, 5) is 23.5. The van der Waals surface area contributed by atoms with Crippen molar-refractivity contribution in [2.24, 2.45) is 0 Å². The highest BCUT2D eigenvalue weighted by Gasteiger charge is 2.10. The maximum absolute atomic E-state index is 11.8. The third kappa shape index (κ3) is 4.45. The quantitative estimate of drug-likeness (QED) is 0.861. The Morgan fingerprint density at radius 2 is 1.78 bits per heavy atom. The molecule has 0 atom stereocenters. The first-order chi connectivity index (χ1) is 8.38. The van der Waals surface area contributed by atoms with Crippen LogP contribution in [0.3, 0.4) is 0 Å². The molecule has 0 unspecified atom stereocenters. The fourth-order valence-corrected chi connectivity index (χ4v) is 1.63. The normalized spacial score (nSPS) is 9.94. The van der Waals surface area contributed by atoms with Gasteiger partial charge in [0.2, 0.25) is 0 Å². The Morgan fingerprint density at radius 3 is 2.28 bits per heavy atom. The maximum Gasteiger partial charge on any atom is 0.321 e. The number of hydrogen-bond donors (Lipinski definition) is 2. The van der Waals surface area contributed by atoms with Crippen molar-refractivity contribution in [1.29, 1.82) is 0 Å². The van der Waals surface area contributed by atoms with Gasteiger partial charge in [-0.25, -0.2) is 4.79 Å². The van der Waals surface area contributed by atoms with Gasteiger partial charge < -0.3 is 15.3 Å². The van der Waals surface area contributed by atoms with E-state index in [1.165, 1.54) is 4.90 Å². The molecule has 1 aromatic carbocycles. The smallest absolute Gasteiger partial charge is 0.321 e. The molecule has 5 nitrogen and oxygen atoms in total. The topological polar surface area (TPSA) is 69.6 Å². The molecule has 0 heterocycles. The van der Waals surface area contributed by atoms with Crippen molar-refractivity contribution in [3.05, 3.63) is 29.3 Å². The van der Waals surface area contributed by atoms with Crippen LogP contribution in [-0.4, -0.2) is 35.6 Å². The number of aryl methyl sites for hydroxylation is 2. The van der Waals surface area contributed by atoms with E-state index in [2.05, 4.69) is 5.32 Å². The van der Waals surface area contributed by atoms with Gasteiger partial charge in [0.25, 0.3) is 0 Å². The van der Waals surface area contributed by atoms with Crippen LogP contribution in [0.25, 0.3) is 0 Å². The first-order valence-electron chi connectivity index (χ1n) is 5.70. The van der Waals surface area contributed by atoms with E-state index in [0.29, 0.717) is 0 Å². The molecule has 0 aliphatic rings. The molecule has 1 aromatic rings. The number of anilines is 1. The average molecular weight is 250 g/mol. The maximum atomic E-state index is 11.8. The summed E-state index contributed by atoms with van der Waals surface area (Å²) in [7, 11) is 1.57. The minimum atomic E-state index is -0.916. The van der Waals surface area contributed by atoms with Crippen LogP contribution in [0.15, 0.2) is 18.2 Å². The van der Waals surface area contributed by atoms with Crippen molar-refractivity contribution < 1.29 is 14.7 Å². The van der Waals surface area contributed by atoms with E-state index >= 15 is 0 Å². The van der Waals surface area contributed by atoms with Gasteiger partial charge in [-0.15, -0.1) is 0 Å². The Balaban J connectivity index is 2.60. The van der Waals surface area contributed by atoms with Gasteiger partial charge in [0, 0.05) is 19.3 Å². The van der Waals surface area contributed by atoms with E-state index in [9.17, 15) is 9.59 Å². The molecular formula is C13H18N2O3. The molecule has 2 amide bonds. The molecule has 0 spiro atoms. The Kier molecular flexibility index (Phi) is 4.71. The monoisotopic (exact) mass is 250 g/mol. The lowest BCUT2D eigenvalue weighted by Gasteiger charge is -2.17. The van der Waals surface area contributed by atoms with Crippen LogP contribution in [0.2, 0.25) is 0 Å². The Labute approximate surface area is 106 Å². The number of rotatable bonds is 4. The van der Waals surface area contributed by atoms with Gasteiger partial charge in [-0.1, -0.05) is 6.07 Å². The lowest BCUT2D eigenvalue weighted by molar-refractivity contribution is -0.137. The average Bonchev–Trinajstić information content (AvgIpc) is 2.24. The number of carboxylic acids is 1. The molecule has 0 aromatic heterocycles. The SMILES string of the molecule is Cc1cc(C)cc(NC(=O)N(C)CCC(=O)O)c1. The molecule has 2 N–H and O–H groups in total. The number of urea groups is 1. The predicted molar refractivity (Wildman–Crippen MR) is 69.8 cm³/mol. The van der Waals surface area contributed by atoms with Gasteiger partial charge in [0.15, 0.2) is 0 Å². The second kappa shape index (κ2) is 6.05. The molecular weight excluding hydrogens is 232 g/mol. The van der Waals surface area contributed by atoms with Gasteiger partial charge in [-0.05, 0) is 37.1 Å². The third-order valence-electron chi connectivity index (χ3n) is 2.48. The highest BCUT2D eigenvalue weighted by atomic mass is 16.4. The zero-order valence-corrected chi connectivity index (χ0v) is 10.9. The van der Waals surface area contributed by atoms with E-state index in [-0.39, 0.29) is 19.0 Å². The van der Waals surface area contributed by atoms with Crippen LogP contribution in [-0.2, 0) is 4.79 Å². The first-order valence-corrected chi connectivity index (χ1v) is 5.70. The van der Waals surface area contributed by atoms with E-state index in [4.69, 9.17) is 5.11 Å².